The average Bonchev–Trinajstić information content (AvgIpc) is 2.92. The van der Waals surface area contributed by atoms with Crippen LogP contribution < -0.4 is 11.1 Å². The Morgan fingerprint density at radius 1 is 1.53 bits per heavy atom. The van der Waals surface area contributed by atoms with Crippen molar-refractivity contribution in [2.24, 2.45) is 21.7 Å². The Bertz CT molecular complexity index is 288. The maximum absolute atomic E-state index is 11.8. The van der Waals surface area contributed by atoms with Crippen molar-refractivity contribution in [1.29, 1.82) is 0 Å². The summed E-state index contributed by atoms with van der Waals surface area (Å²) in [7, 11) is 0. The molecule has 0 aromatic carbocycles. The van der Waals surface area contributed by atoms with Gasteiger partial charge >= 0.3 is 0 Å². The summed E-state index contributed by atoms with van der Waals surface area (Å²) in [5.41, 5.74) is 4.80. The van der Waals surface area contributed by atoms with Crippen LogP contribution in [0.1, 0.15) is 33.6 Å². The Hall–Kier alpha value is -1.26. The fraction of sp³-hybridized carbons (Fsp3) is 0.800. The lowest BCUT2D eigenvalue weighted by Crippen LogP contribution is -2.43. The van der Waals surface area contributed by atoms with Gasteiger partial charge in [0, 0.05) is 6.54 Å². The molecule has 15 heavy (non-hydrogen) atoms. The predicted molar refractivity (Wildman–Crippen MR) is 57.5 cm³/mol. The van der Waals surface area contributed by atoms with Crippen LogP contribution in [0.3, 0.4) is 0 Å². The molecule has 0 aromatic heterocycles. The van der Waals surface area contributed by atoms with E-state index in [-0.39, 0.29) is 17.2 Å². The summed E-state index contributed by atoms with van der Waals surface area (Å²) in [6.45, 7) is 6.70. The van der Waals surface area contributed by atoms with Crippen molar-refractivity contribution >= 4 is 11.7 Å². The van der Waals surface area contributed by atoms with Crippen LogP contribution in [0.25, 0.3) is 0 Å². The van der Waals surface area contributed by atoms with Gasteiger partial charge in [0.25, 0.3) is 0 Å². The monoisotopic (exact) mass is 213 g/mol. The zero-order chi connectivity index (χ0) is 11.7. The lowest BCUT2D eigenvalue weighted by Gasteiger charge is -2.21. The van der Waals surface area contributed by atoms with Crippen molar-refractivity contribution in [2.45, 2.75) is 33.6 Å². The van der Waals surface area contributed by atoms with Gasteiger partial charge in [0.2, 0.25) is 5.91 Å². The quantitative estimate of drug-likeness (QED) is 0.279. The number of carbonyl (C=O) groups is 1. The highest BCUT2D eigenvalue weighted by Gasteiger charge is 2.54. The summed E-state index contributed by atoms with van der Waals surface area (Å²) >= 11 is 0. The molecule has 1 rings (SSSR count). The first-order chi connectivity index (χ1) is 6.82. The van der Waals surface area contributed by atoms with Gasteiger partial charge in [-0.1, -0.05) is 25.9 Å². The molecular weight excluding hydrogens is 194 g/mol. The summed E-state index contributed by atoms with van der Waals surface area (Å²) in [6.07, 6.45) is 1.33. The van der Waals surface area contributed by atoms with Gasteiger partial charge in [-0.15, -0.1) is 0 Å². The number of rotatable bonds is 3. The van der Waals surface area contributed by atoms with Crippen molar-refractivity contribution in [2.75, 3.05) is 6.54 Å². The van der Waals surface area contributed by atoms with Crippen molar-refractivity contribution in [3.05, 3.63) is 0 Å². The Labute approximate surface area is 89.7 Å². The van der Waals surface area contributed by atoms with Gasteiger partial charge in [0.05, 0.1) is 0 Å². The molecule has 0 saturated heterocycles. The number of nitrogens with one attached hydrogen (secondary N) is 1. The largest absolute Gasteiger partial charge is 0.409 e. The molecule has 4 N–H and O–H groups in total. The van der Waals surface area contributed by atoms with Gasteiger partial charge in [0.1, 0.15) is 5.41 Å². The molecule has 5 heteroatoms. The van der Waals surface area contributed by atoms with Crippen LogP contribution >= 0.6 is 0 Å². The van der Waals surface area contributed by atoms with Gasteiger partial charge in [0.15, 0.2) is 5.84 Å². The third-order valence-electron chi connectivity index (χ3n) is 2.56. The van der Waals surface area contributed by atoms with E-state index in [1.54, 1.807) is 0 Å². The van der Waals surface area contributed by atoms with Crippen LogP contribution in [0.4, 0.5) is 0 Å². The second-order valence-corrected chi connectivity index (χ2v) is 5.31. The lowest BCUT2D eigenvalue weighted by molar-refractivity contribution is -0.124. The Morgan fingerprint density at radius 2 is 2.07 bits per heavy atom. The minimum Gasteiger partial charge on any atom is -0.409 e. The molecular formula is C10H19N3O2. The van der Waals surface area contributed by atoms with E-state index >= 15 is 0 Å². The van der Waals surface area contributed by atoms with Crippen LogP contribution in [-0.2, 0) is 4.79 Å². The molecule has 0 spiro atoms. The normalized spacial score (nSPS) is 19.8. The van der Waals surface area contributed by atoms with Gasteiger partial charge in [-0.2, -0.15) is 0 Å². The van der Waals surface area contributed by atoms with E-state index in [1.165, 1.54) is 0 Å². The number of carbonyl (C=O) groups excluding carboxylic acids is 1. The topological polar surface area (TPSA) is 87.7 Å². The van der Waals surface area contributed by atoms with E-state index < -0.39 is 5.41 Å². The lowest BCUT2D eigenvalue weighted by atomic mass is 9.96. The molecule has 5 nitrogen and oxygen atoms in total. The first kappa shape index (κ1) is 11.8. The molecule has 0 aliphatic heterocycles. The molecule has 0 bridgehead atoms. The van der Waals surface area contributed by atoms with Gasteiger partial charge in [-0.05, 0) is 18.3 Å². The Kier molecular flexibility index (Phi) is 2.93. The van der Waals surface area contributed by atoms with Crippen molar-refractivity contribution in [1.82, 2.24) is 5.32 Å². The molecule has 0 heterocycles. The molecule has 1 aliphatic carbocycles. The van der Waals surface area contributed by atoms with Crippen LogP contribution in [0, 0.1) is 10.8 Å². The molecule has 86 valence electrons. The summed E-state index contributed by atoms with van der Waals surface area (Å²) in [4.78, 5) is 11.8. The summed E-state index contributed by atoms with van der Waals surface area (Å²) in [5, 5.41) is 14.3. The molecule has 1 aliphatic rings. The standard InChI is InChI=1S/C10H19N3O2/c1-9(2,3)6-12-8(14)10(4-5-10)7(11)13-15/h15H,4-6H2,1-3H3,(H2,11,13)(H,12,14). The van der Waals surface area contributed by atoms with Crippen LogP contribution in [0.2, 0.25) is 0 Å². The highest BCUT2D eigenvalue weighted by molar-refractivity contribution is 6.09. The summed E-state index contributed by atoms with van der Waals surface area (Å²) in [6, 6.07) is 0. The fourth-order valence-electron chi connectivity index (χ4n) is 1.33. The Morgan fingerprint density at radius 3 is 2.40 bits per heavy atom. The third kappa shape index (κ3) is 2.61. The zero-order valence-corrected chi connectivity index (χ0v) is 9.50. The molecule has 0 aromatic rings. The zero-order valence-electron chi connectivity index (χ0n) is 9.50. The number of nitrogens with zero attached hydrogens (tertiary/aromatic N) is 1. The third-order valence-corrected chi connectivity index (χ3v) is 2.56. The number of amides is 1. The van der Waals surface area contributed by atoms with E-state index in [1.807, 2.05) is 20.8 Å². The van der Waals surface area contributed by atoms with Gasteiger partial charge in [-0.25, -0.2) is 0 Å². The molecule has 0 radical (unpaired) electrons. The van der Waals surface area contributed by atoms with E-state index in [2.05, 4.69) is 10.5 Å². The number of nitrogens with two attached hydrogens (primary N) is 1. The maximum atomic E-state index is 11.8. The highest BCUT2D eigenvalue weighted by atomic mass is 16.4. The number of hydrogen-bond acceptors (Lipinski definition) is 3. The summed E-state index contributed by atoms with van der Waals surface area (Å²) in [5.74, 6) is -0.110. The second-order valence-electron chi connectivity index (χ2n) is 5.31. The number of oxime groups is 1. The minimum absolute atomic E-state index is 0.0221. The van der Waals surface area contributed by atoms with E-state index in [9.17, 15) is 4.79 Å². The number of amidine groups is 1. The minimum atomic E-state index is -0.736. The number of hydrogen-bond donors (Lipinski definition) is 3. The van der Waals surface area contributed by atoms with E-state index in [4.69, 9.17) is 10.9 Å². The first-order valence-electron chi connectivity index (χ1n) is 5.08. The Balaban J connectivity index is 2.55. The maximum Gasteiger partial charge on any atom is 0.233 e. The molecule has 1 fully saturated rings. The fourth-order valence-corrected chi connectivity index (χ4v) is 1.33. The van der Waals surface area contributed by atoms with Gasteiger partial charge < -0.3 is 16.3 Å². The smallest absolute Gasteiger partial charge is 0.233 e. The SMILES string of the molecule is CC(C)(C)CNC(=O)C1(C(N)=NO)CC1. The van der Waals surface area contributed by atoms with Gasteiger partial charge in [-0.3, -0.25) is 4.79 Å². The molecule has 1 saturated carbocycles. The molecule has 0 unspecified atom stereocenters. The molecule has 1 amide bonds. The van der Waals surface area contributed by atoms with Crippen LogP contribution in [0.5, 0.6) is 0 Å². The van der Waals surface area contributed by atoms with E-state index in [0.29, 0.717) is 19.4 Å². The average molecular weight is 213 g/mol. The van der Waals surface area contributed by atoms with Crippen molar-refractivity contribution in [3.63, 3.8) is 0 Å². The van der Waals surface area contributed by atoms with Crippen LogP contribution in [0.15, 0.2) is 5.16 Å². The predicted octanol–water partition coefficient (Wildman–Crippen LogP) is 0.675. The molecule has 0 atom stereocenters. The van der Waals surface area contributed by atoms with Crippen molar-refractivity contribution in [3.8, 4) is 0 Å². The second kappa shape index (κ2) is 3.72. The van der Waals surface area contributed by atoms with Crippen molar-refractivity contribution < 1.29 is 10.0 Å². The first-order valence-corrected chi connectivity index (χ1v) is 5.08. The van der Waals surface area contributed by atoms with E-state index in [0.717, 1.165) is 0 Å². The highest BCUT2D eigenvalue weighted by Crippen LogP contribution is 2.46. The summed E-state index contributed by atoms with van der Waals surface area (Å²) < 4.78 is 0. The van der Waals surface area contributed by atoms with Crippen LogP contribution in [-0.4, -0.2) is 23.5 Å².